The Morgan fingerprint density at radius 1 is 1.08 bits per heavy atom. The molecule has 0 spiro atoms. The normalized spacial score (nSPS) is 9.00. The van der Waals surface area contributed by atoms with Crippen molar-refractivity contribution in [1.29, 1.82) is 0 Å². The Morgan fingerprint density at radius 3 is 1.92 bits per heavy atom. The second kappa shape index (κ2) is 17.3. The molecule has 0 aromatic rings. The van der Waals surface area contributed by atoms with E-state index >= 15 is 0 Å². The number of hydrogen-bond donors (Lipinski definition) is 3. The van der Waals surface area contributed by atoms with Crippen LogP contribution in [0.2, 0.25) is 0 Å². The molecule has 5 heteroatoms. The van der Waals surface area contributed by atoms with Crippen molar-refractivity contribution in [3.05, 3.63) is 0 Å². The van der Waals surface area contributed by atoms with Gasteiger partial charge in [0.25, 0.3) is 0 Å². The van der Waals surface area contributed by atoms with Gasteiger partial charge in [-0.15, -0.1) is 0 Å². The minimum absolute atomic E-state index is 0.105. The molecule has 0 saturated carbocycles. The number of aliphatic hydroxyl groups excluding tert-OH is 2. The van der Waals surface area contributed by atoms with E-state index in [1.807, 2.05) is 0 Å². The van der Waals surface area contributed by atoms with Crippen molar-refractivity contribution in [1.82, 2.24) is 0 Å². The van der Waals surface area contributed by atoms with Gasteiger partial charge < -0.3 is 19.7 Å². The molecule has 0 rings (SSSR count). The maximum Gasteiger partial charge on any atom is 0.0698 e. The van der Waals surface area contributed by atoms with Gasteiger partial charge in [0.15, 0.2) is 0 Å². The molecule has 76 valence electrons. The standard InChI is InChI=1S/C4H10O2S.C3H8O2/c5-1-2-6-3-4-7;1-5-3-2-4/h5,7H,1-4H2;4H,2-3H2,1H3. The minimum atomic E-state index is 0.105. The fraction of sp³-hybridized carbons (Fsp3) is 1.00. The lowest BCUT2D eigenvalue weighted by atomic mass is 10.7. The first-order chi connectivity index (χ1) is 5.83. The van der Waals surface area contributed by atoms with Crippen molar-refractivity contribution in [3.8, 4) is 0 Å². The predicted molar refractivity (Wildman–Crippen MR) is 50.7 cm³/mol. The van der Waals surface area contributed by atoms with Gasteiger partial charge in [0.2, 0.25) is 0 Å². The highest BCUT2D eigenvalue weighted by Gasteiger charge is 1.79. The lowest BCUT2D eigenvalue weighted by molar-refractivity contribution is 0.103. The molecule has 0 unspecified atom stereocenters. The van der Waals surface area contributed by atoms with Crippen molar-refractivity contribution in [3.63, 3.8) is 0 Å². The molecule has 0 aliphatic heterocycles. The zero-order valence-corrected chi connectivity index (χ0v) is 8.30. The van der Waals surface area contributed by atoms with Crippen LogP contribution in [0.4, 0.5) is 0 Å². The first-order valence-electron chi connectivity index (χ1n) is 3.72. The molecule has 0 saturated heterocycles. The molecule has 0 aromatic heterocycles. The Kier molecular flexibility index (Phi) is 21.2. The summed E-state index contributed by atoms with van der Waals surface area (Å²) < 4.78 is 9.25. The Hall–Kier alpha value is 0.190. The van der Waals surface area contributed by atoms with Gasteiger partial charge >= 0.3 is 0 Å². The van der Waals surface area contributed by atoms with Crippen molar-refractivity contribution < 1.29 is 19.7 Å². The van der Waals surface area contributed by atoms with E-state index in [0.717, 1.165) is 5.75 Å². The molecule has 4 nitrogen and oxygen atoms in total. The van der Waals surface area contributed by atoms with Crippen molar-refractivity contribution in [2.24, 2.45) is 0 Å². The second-order valence-electron chi connectivity index (χ2n) is 1.78. The first kappa shape index (κ1) is 14.7. The number of thiol groups is 1. The molecular formula is C7H18O4S. The summed E-state index contributed by atoms with van der Waals surface area (Å²) >= 11 is 3.89. The summed E-state index contributed by atoms with van der Waals surface area (Å²) in [5.41, 5.74) is 0. The zero-order valence-electron chi connectivity index (χ0n) is 7.40. The van der Waals surface area contributed by atoms with Gasteiger partial charge in [0.1, 0.15) is 0 Å². The van der Waals surface area contributed by atoms with E-state index in [-0.39, 0.29) is 13.2 Å². The van der Waals surface area contributed by atoms with Crippen molar-refractivity contribution in [2.45, 2.75) is 0 Å². The third-order valence-electron chi connectivity index (χ3n) is 0.767. The maximum absolute atomic E-state index is 8.14. The molecule has 0 aliphatic carbocycles. The van der Waals surface area contributed by atoms with Gasteiger partial charge in [0, 0.05) is 12.9 Å². The molecule has 0 aliphatic rings. The highest BCUT2D eigenvalue weighted by Crippen LogP contribution is 1.75. The highest BCUT2D eigenvalue weighted by molar-refractivity contribution is 7.80. The lowest BCUT2D eigenvalue weighted by Gasteiger charge is -1.94. The molecule has 0 amide bonds. The largest absolute Gasteiger partial charge is 0.394 e. The van der Waals surface area contributed by atoms with Crippen LogP contribution in [0.25, 0.3) is 0 Å². The van der Waals surface area contributed by atoms with Crippen LogP contribution in [0.15, 0.2) is 0 Å². The lowest BCUT2D eigenvalue weighted by Crippen LogP contribution is -2.00. The van der Waals surface area contributed by atoms with E-state index in [0.29, 0.717) is 19.8 Å². The third-order valence-corrected chi connectivity index (χ3v) is 0.949. The number of hydrogen-bond acceptors (Lipinski definition) is 5. The predicted octanol–water partition coefficient (Wildman–Crippen LogP) is -0.450. The van der Waals surface area contributed by atoms with Gasteiger partial charge in [-0.2, -0.15) is 12.6 Å². The maximum atomic E-state index is 8.14. The Balaban J connectivity index is 0. The molecule has 0 heterocycles. The average Bonchev–Trinajstić information content (AvgIpc) is 2.08. The van der Waals surface area contributed by atoms with E-state index in [1.54, 1.807) is 7.11 Å². The van der Waals surface area contributed by atoms with Gasteiger partial charge in [-0.3, -0.25) is 0 Å². The van der Waals surface area contributed by atoms with Gasteiger partial charge in [-0.25, -0.2) is 0 Å². The Morgan fingerprint density at radius 2 is 1.67 bits per heavy atom. The van der Waals surface area contributed by atoms with Crippen LogP contribution >= 0.6 is 12.6 Å². The Labute approximate surface area is 78.9 Å². The molecule has 0 fully saturated rings. The van der Waals surface area contributed by atoms with Gasteiger partial charge in [-0.1, -0.05) is 0 Å². The topological polar surface area (TPSA) is 58.9 Å². The minimum Gasteiger partial charge on any atom is -0.394 e. The van der Waals surface area contributed by atoms with E-state index < -0.39 is 0 Å². The zero-order chi connectivity index (χ0) is 9.66. The molecular weight excluding hydrogens is 180 g/mol. The number of ether oxygens (including phenoxy) is 2. The first-order valence-corrected chi connectivity index (χ1v) is 4.36. The Bertz CT molecular complexity index is 57.4. The molecule has 0 radical (unpaired) electrons. The summed E-state index contributed by atoms with van der Waals surface area (Å²) in [6, 6.07) is 0. The fourth-order valence-corrected chi connectivity index (χ4v) is 0.452. The van der Waals surface area contributed by atoms with Gasteiger partial charge in [-0.05, 0) is 0 Å². The van der Waals surface area contributed by atoms with Crippen molar-refractivity contribution >= 4 is 12.6 Å². The summed E-state index contributed by atoms with van der Waals surface area (Å²) in [6.07, 6.45) is 0. The quantitative estimate of drug-likeness (QED) is 0.400. The van der Waals surface area contributed by atoms with Crippen molar-refractivity contribution in [2.75, 3.05) is 45.9 Å². The van der Waals surface area contributed by atoms with Gasteiger partial charge in [0.05, 0.1) is 33.0 Å². The number of rotatable bonds is 6. The van der Waals surface area contributed by atoms with Crippen LogP contribution < -0.4 is 0 Å². The smallest absolute Gasteiger partial charge is 0.0698 e. The fourth-order valence-electron chi connectivity index (χ4n) is 0.322. The molecule has 0 aromatic carbocycles. The van der Waals surface area contributed by atoms with Crippen LogP contribution in [0, 0.1) is 0 Å². The molecule has 0 bridgehead atoms. The van der Waals surface area contributed by atoms with E-state index in [1.165, 1.54) is 0 Å². The van der Waals surface area contributed by atoms with Crippen LogP contribution in [-0.2, 0) is 9.47 Å². The molecule has 2 N–H and O–H groups in total. The van der Waals surface area contributed by atoms with Crippen LogP contribution in [-0.4, -0.2) is 56.1 Å². The van der Waals surface area contributed by atoms with E-state index in [2.05, 4.69) is 17.4 Å². The average molecular weight is 198 g/mol. The van der Waals surface area contributed by atoms with E-state index in [9.17, 15) is 0 Å². The summed E-state index contributed by atoms with van der Waals surface area (Å²) in [6.45, 7) is 1.73. The summed E-state index contributed by atoms with van der Waals surface area (Å²) in [5.74, 6) is 0.722. The monoisotopic (exact) mass is 198 g/mol. The van der Waals surface area contributed by atoms with Crippen LogP contribution in [0.3, 0.4) is 0 Å². The number of methoxy groups -OCH3 is 1. The summed E-state index contributed by atoms with van der Waals surface area (Å²) in [4.78, 5) is 0. The molecule has 0 atom stereocenters. The second-order valence-corrected chi connectivity index (χ2v) is 2.22. The summed E-state index contributed by atoms with van der Waals surface area (Å²) in [7, 11) is 1.55. The van der Waals surface area contributed by atoms with Crippen LogP contribution in [0.5, 0.6) is 0 Å². The van der Waals surface area contributed by atoms with E-state index in [4.69, 9.17) is 14.9 Å². The summed E-state index contributed by atoms with van der Waals surface area (Å²) in [5, 5.41) is 16.1. The highest BCUT2D eigenvalue weighted by atomic mass is 32.1. The van der Waals surface area contributed by atoms with Crippen LogP contribution in [0.1, 0.15) is 0 Å². The molecule has 12 heavy (non-hydrogen) atoms. The number of aliphatic hydroxyl groups is 2. The SMILES string of the molecule is COCCO.OCCOCCS. The third kappa shape index (κ3) is 22.5.